The average molecular weight is 398 g/mol. The van der Waals surface area contributed by atoms with Gasteiger partial charge in [-0.3, -0.25) is 4.79 Å². The van der Waals surface area contributed by atoms with Gasteiger partial charge >= 0.3 is 0 Å². The smallest absolute Gasteiger partial charge is 0.251 e. The highest BCUT2D eigenvalue weighted by Crippen LogP contribution is 2.33. The van der Waals surface area contributed by atoms with Crippen LogP contribution >= 0.6 is 11.3 Å². The zero-order chi connectivity index (χ0) is 20.1. The van der Waals surface area contributed by atoms with Gasteiger partial charge in [-0.15, -0.1) is 11.3 Å². The molecule has 0 fully saturated rings. The molecule has 0 saturated carbocycles. The maximum absolute atomic E-state index is 12.0. The minimum absolute atomic E-state index is 0.00336. The number of carbonyl (C=O) groups excluding carboxylic acids is 1. The molecule has 7 nitrogen and oxygen atoms in total. The lowest BCUT2D eigenvalue weighted by molar-refractivity contribution is 0.0963. The van der Waals surface area contributed by atoms with E-state index in [0.717, 1.165) is 11.3 Å². The van der Waals surface area contributed by atoms with E-state index in [9.17, 15) is 4.79 Å². The molecule has 2 heterocycles. The molecular weight excluding hydrogens is 376 g/mol. The molecule has 0 radical (unpaired) electrons. The normalized spacial score (nSPS) is 10.6. The molecule has 0 bridgehead atoms. The highest BCUT2D eigenvalue weighted by molar-refractivity contribution is 7.14. The predicted octanol–water partition coefficient (Wildman–Crippen LogP) is 4.10. The molecule has 0 spiro atoms. The first-order chi connectivity index (χ1) is 13.5. The lowest BCUT2D eigenvalue weighted by Crippen LogP contribution is -2.18. The van der Waals surface area contributed by atoms with Gasteiger partial charge in [-0.25, -0.2) is 9.97 Å². The average Bonchev–Trinajstić information content (AvgIpc) is 3.17. The Balaban J connectivity index is 1.87. The van der Waals surface area contributed by atoms with Crippen molar-refractivity contribution in [2.24, 2.45) is 0 Å². The van der Waals surface area contributed by atoms with Gasteiger partial charge in [0.25, 0.3) is 5.91 Å². The number of nitrogens with one attached hydrogen (secondary N) is 2. The lowest BCUT2D eigenvalue weighted by atomic mass is 10.1. The van der Waals surface area contributed by atoms with Gasteiger partial charge in [0.15, 0.2) is 5.13 Å². The van der Waals surface area contributed by atoms with Crippen LogP contribution in [-0.4, -0.2) is 36.1 Å². The van der Waals surface area contributed by atoms with Crippen LogP contribution in [-0.2, 0) is 0 Å². The van der Waals surface area contributed by atoms with Crippen molar-refractivity contribution in [3.05, 3.63) is 47.5 Å². The summed E-state index contributed by atoms with van der Waals surface area (Å²) < 4.78 is 10.9. The summed E-state index contributed by atoms with van der Waals surface area (Å²) in [5.41, 5.74) is 2.92. The quantitative estimate of drug-likeness (QED) is 0.623. The number of pyridine rings is 1. The fourth-order valence-electron chi connectivity index (χ4n) is 2.50. The molecule has 0 aliphatic rings. The molecule has 2 aromatic heterocycles. The Morgan fingerprint density at radius 3 is 2.68 bits per heavy atom. The summed E-state index contributed by atoms with van der Waals surface area (Å²) in [5.74, 6) is 1.05. The molecule has 3 rings (SSSR count). The van der Waals surface area contributed by atoms with E-state index in [1.165, 1.54) is 11.3 Å². The largest absolute Gasteiger partial charge is 0.489 e. The Morgan fingerprint density at radius 2 is 2.04 bits per heavy atom. The summed E-state index contributed by atoms with van der Waals surface area (Å²) in [6, 6.07) is 8.98. The Morgan fingerprint density at radius 1 is 1.21 bits per heavy atom. The minimum Gasteiger partial charge on any atom is -0.489 e. The maximum Gasteiger partial charge on any atom is 0.251 e. The van der Waals surface area contributed by atoms with Gasteiger partial charge in [0.05, 0.1) is 24.6 Å². The van der Waals surface area contributed by atoms with E-state index < -0.39 is 0 Å². The second kappa shape index (κ2) is 8.71. The molecule has 28 heavy (non-hydrogen) atoms. The van der Waals surface area contributed by atoms with Crippen molar-refractivity contribution in [2.45, 2.75) is 20.0 Å². The first-order valence-corrected chi connectivity index (χ1v) is 9.64. The molecule has 0 saturated heterocycles. The molecule has 146 valence electrons. The zero-order valence-corrected chi connectivity index (χ0v) is 17.0. The number of rotatable bonds is 7. The third-order valence-corrected chi connectivity index (χ3v) is 4.58. The van der Waals surface area contributed by atoms with Crippen molar-refractivity contribution in [1.29, 1.82) is 0 Å². The zero-order valence-electron chi connectivity index (χ0n) is 16.1. The third kappa shape index (κ3) is 4.58. The summed E-state index contributed by atoms with van der Waals surface area (Å²) >= 11 is 1.46. The van der Waals surface area contributed by atoms with Crippen LogP contribution in [0.1, 0.15) is 24.2 Å². The molecular formula is C20H22N4O3S. The number of benzene rings is 1. The number of ether oxygens (including phenoxy) is 2. The van der Waals surface area contributed by atoms with Gasteiger partial charge in [-0.05, 0) is 38.1 Å². The predicted molar refractivity (Wildman–Crippen MR) is 111 cm³/mol. The van der Waals surface area contributed by atoms with Gasteiger partial charge in [-0.1, -0.05) is 0 Å². The fraction of sp³-hybridized carbons (Fsp3) is 0.250. The first kappa shape index (κ1) is 19.6. The molecule has 0 atom stereocenters. The Bertz CT molecular complexity index is 954. The summed E-state index contributed by atoms with van der Waals surface area (Å²) in [5, 5.41) is 8.53. The van der Waals surface area contributed by atoms with E-state index in [4.69, 9.17) is 9.47 Å². The highest BCUT2D eigenvalue weighted by Gasteiger charge is 2.13. The topological polar surface area (TPSA) is 85.4 Å². The number of nitrogens with zero attached hydrogens (tertiary/aromatic N) is 2. The van der Waals surface area contributed by atoms with Crippen LogP contribution in [0.2, 0.25) is 0 Å². The highest BCUT2D eigenvalue weighted by atomic mass is 32.1. The van der Waals surface area contributed by atoms with E-state index in [-0.39, 0.29) is 12.0 Å². The molecule has 0 aliphatic heterocycles. The van der Waals surface area contributed by atoms with Crippen LogP contribution < -0.4 is 20.1 Å². The van der Waals surface area contributed by atoms with E-state index in [0.29, 0.717) is 28.0 Å². The molecule has 0 unspecified atom stereocenters. The summed E-state index contributed by atoms with van der Waals surface area (Å²) in [6.45, 7) is 3.91. The van der Waals surface area contributed by atoms with Crippen molar-refractivity contribution in [3.63, 3.8) is 0 Å². The number of hydrogen-bond donors (Lipinski definition) is 2. The summed E-state index contributed by atoms with van der Waals surface area (Å²) in [6.07, 6.45) is 1.72. The van der Waals surface area contributed by atoms with Gasteiger partial charge in [0, 0.05) is 35.8 Å². The van der Waals surface area contributed by atoms with Gasteiger partial charge in [0.1, 0.15) is 5.75 Å². The Kier molecular flexibility index (Phi) is 6.10. The fourth-order valence-corrected chi connectivity index (χ4v) is 3.23. The van der Waals surface area contributed by atoms with E-state index in [1.807, 2.05) is 25.3 Å². The van der Waals surface area contributed by atoms with Crippen LogP contribution in [0.4, 0.5) is 10.8 Å². The van der Waals surface area contributed by atoms with Crippen molar-refractivity contribution in [2.75, 3.05) is 19.5 Å². The van der Waals surface area contributed by atoms with E-state index in [1.54, 1.807) is 44.6 Å². The van der Waals surface area contributed by atoms with Crippen LogP contribution in [0, 0.1) is 0 Å². The molecule has 1 aromatic carbocycles. The van der Waals surface area contributed by atoms with Gasteiger partial charge < -0.3 is 20.1 Å². The maximum atomic E-state index is 12.0. The lowest BCUT2D eigenvalue weighted by Gasteiger charge is -2.15. The van der Waals surface area contributed by atoms with E-state index >= 15 is 0 Å². The van der Waals surface area contributed by atoms with Gasteiger partial charge in [0.2, 0.25) is 5.88 Å². The number of anilines is 2. The Labute approximate surface area is 167 Å². The first-order valence-electron chi connectivity index (χ1n) is 8.76. The van der Waals surface area contributed by atoms with Crippen molar-refractivity contribution < 1.29 is 14.3 Å². The SMILES string of the molecule is CNC(=O)c1ccc(OC(C)C)c(Nc2nc(-c3ccc(OC)nc3)cs2)c1. The second-order valence-electron chi connectivity index (χ2n) is 6.21. The van der Waals surface area contributed by atoms with Crippen molar-refractivity contribution in [3.8, 4) is 22.9 Å². The molecule has 0 aliphatic carbocycles. The molecule has 1 amide bonds. The standard InChI is InChI=1S/C20H22N4O3S/c1-12(2)27-17-7-5-13(19(25)21-3)9-15(17)23-20-24-16(11-28-20)14-6-8-18(26-4)22-10-14/h5-12H,1-4H3,(H,21,25)(H,23,24). The molecule has 8 heteroatoms. The minimum atomic E-state index is -0.164. The number of aromatic nitrogens is 2. The number of carbonyl (C=O) groups is 1. The van der Waals surface area contributed by atoms with Crippen LogP contribution in [0.15, 0.2) is 41.9 Å². The van der Waals surface area contributed by atoms with Crippen LogP contribution in [0.3, 0.4) is 0 Å². The monoisotopic (exact) mass is 398 g/mol. The number of hydrogen-bond acceptors (Lipinski definition) is 7. The Hall–Kier alpha value is -3.13. The number of methoxy groups -OCH3 is 1. The number of amides is 1. The third-order valence-electron chi connectivity index (χ3n) is 3.82. The molecule has 2 N–H and O–H groups in total. The van der Waals surface area contributed by atoms with Crippen molar-refractivity contribution >= 4 is 28.1 Å². The summed E-state index contributed by atoms with van der Waals surface area (Å²) in [7, 11) is 3.18. The van der Waals surface area contributed by atoms with E-state index in [2.05, 4.69) is 20.6 Å². The molecule has 3 aromatic rings. The van der Waals surface area contributed by atoms with Crippen molar-refractivity contribution in [1.82, 2.24) is 15.3 Å². The number of thiazole rings is 1. The van der Waals surface area contributed by atoms with Crippen LogP contribution in [0.5, 0.6) is 11.6 Å². The summed E-state index contributed by atoms with van der Waals surface area (Å²) in [4.78, 5) is 20.8. The second-order valence-corrected chi connectivity index (χ2v) is 7.07. The van der Waals surface area contributed by atoms with Crippen LogP contribution in [0.25, 0.3) is 11.3 Å². The van der Waals surface area contributed by atoms with Gasteiger partial charge in [-0.2, -0.15) is 0 Å².